The number of carbonyl (C=O) groups is 2. The molecular weight excluding hydrogens is 332 g/mol. The van der Waals surface area contributed by atoms with Crippen LogP contribution in [0.1, 0.15) is 19.3 Å². The summed E-state index contributed by atoms with van der Waals surface area (Å²) in [5.41, 5.74) is -0.926. The highest BCUT2D eigenvalue weighted by Gasteiger charge is 2.49. The van der Waals surface area contributed by atoms with E-state index in [0.717, 1.165) is 6.42 Å². The van der Waals surface area contributed by atoms with Crippen LogP contribution in [0, 0.1) is 0 Å². The third-order valence-electron chi connectivity index (χ3n) is 4.23. The molecule has 0 saturated carbocycles. The van der Waals surface area contributed by atoms with Crippen LogP contribution in [0.3, 0.4) is 0 Å². The first-order valence-corrected chi connectivity index (χ1v) is 8.32. The van der Waals surface area contributed by atoms with Crippen molar-refractivity contribution in [2.75, 3.05) is 33.9 Å². The smallest absolute Gasteiger partial charge is 0.248 e. The van der Waals surface area contributed by atoms with Crippen LogP contribution in [0.4, 0.5) is 0 Å². The number of methoxy groups -OCH3 is 1. The first-order chi connectivity index (χ1) is 11.5. The van der Waals surface area contributed by atoms with Gasteiger partial charge in [0.05, 0.1) is 24.7 Å². The van der Waals surface area contributed by atoms with Crippen LogP contribution in [0.25, 0.3) is 0 Å². The zero-order chi connectivity index (χ0) is 17.6. The van der Waals surface area contributed by atoms with Gasteiger partial charge in [0.1, 0.15) is 11.3 Å². The number of nitrogens with one attached hydrogen (secondary N) is 1. The van der Waals surface area contributed by atoms with Gasteiger partial charge in [0.25, 0.3) is 0 Å². The van der Waals surface area contributed by atoms with E-state index < -0.39 is 5.54 Å². The van der Waals surface area contributed by atoms with Gasteiger partial charge in [-0.1, -0.05) is 23.7 Å². The summed E-state index contributed by atoms with van der Waals surface area (Å²) >= 11 is 6.02. The van der Waals surface area contributed by atoms with Gasteiger partial charge in [-0.3, -0.25) is 9.59 Å². The molecule has 0 bridgehead atoms. The molecule has 0 aliphatic carbocycles. The second-order valence-electron chi connectivity index (χ2n) is 5.72. The van der Waals surface area contributed by atoms with Crippen molar-refractivity contribution in [2.45, 2.75) is 24.8 Å². The van der Waals surface area contributed by atoms with Gasteiger partial charge in [0.15, 0.2) is 0 Å². The minimum Gasteiger partial charge on any atom is -0.491 e. The summed E-state index contributed by atoms with van der Waals surface area (Å²) in [6.45, 7) is 0.932. The second-order valence-corrected chi connectivity index (χ2v) is 6.13. The lowest BCUT2D eigenvalue weighted by atomic mass is 9.95. The highest BCUT2D eigenvalue weighted by atomic mass is 35.5. The van der Waals surface area contributed by atoms with Crippen LogP contribution >= 0.6 is 11.6 Å². The molecule has 1 aromatic carbocycles. The fourth-order valence-corrected chi connectivity index (χ4v) is 3.30. The molecule has 0 spiro atoms. The molecule has 1 aliphatic heterocycles. The Balaban J connectivity index is 1.99. The molecule has 0 aromatic heterocycles. The largest absolute Gasteiger partial charge is 0.491 e. The number of carbonyl (C=O) groups excluding carboxylic acids is 2. The van der Waals surface area contributed by atoms with Gasteiger partial charge in [-0.2, -0.15) is 0 Å². The first-order valence-electron chi connectivity index (χ1n) is 7.94. The van der Waals surface area contributed by atoms with Gasteiger partial charge >= 0.3 is 0 Å². The Morgan fingerprint density at radius 1 is 1.38 bits per heavy atom. The van der Waals surface area contributed by atoms with E-state index in [1.54, 1.807) is 24.1 Å². The van der Waals surface area contributed by atoms with Gasteiger partial charge in [-0.25, -0.2) is 0 Å². The summed E-state index contributed by atoms with van der Waals surface area (Å²) in [5.74, 6) is 0.227. The van der Waals surface area contributed by atoms with Gasteiger partial charge in [-0.05, 0) is 25.0 Å². The van der Waals surface area contributed by atoms with Crippen LogP contribution < -0.4 is 10.1 Å². The number of benzene rings is 1. The van der Waals surface area contributed by atoms with E-state index in [1.807, 2.05) is 12.1 Å². The molecule has 1 fully saturated rings. The van der Waals surface area contributed by atoms with Gasteiger partial charge < -0.3 is 19.7 Å². The number of ether oxygens (including phenoxy) is 2. The van der Waals surface area contributed by atoms with Crippen LogP contribution in [-0.2, 0) is 14.3 Å². The Hall–Kier alpha value is -1.79. The molecule has 6 nitrogen and oxygen atoms in total. The lowest BCUT2D eigenvalue weighted by molar-refractivity contribution is -0.148. The van der Waals surface area contributed by atoms with Crippen molar-refractivity contribution in [3.05, 3.63) is 29.3 Å². The summed E-state index contributed by atoms with van der Waals surface area (Å²) in [6.07, 6.45) is 1.54. The summed E-state index contributed by atoms with van der Waals surface area (Å²) in [5, 5.41) is 3.15. The molecule has 7 heteroatoms. The average Bonchev–Trinajstić information content (AvgIpc) is 3.01. The summed E-state index contributed by atoms with van der Waals surface area (Å²) in [4.78, 5) is 26.6. The second kappa shape index (κ2) is 8.35. The summed E-state index contributed by atoms with van der Waals surface area (Å²) in [6, 6.07) is 7.11. The van der Waals surface area contributed by atoms with E-state index in [0.29, 0.717) is 23.7 Å². The highest BCUT2D eigenvalue weighted by molar-refractivity contribution is 6.32. The third kappa shape index (κ3) is 3.82. The van der Waals surface area contributed by atoms with E-state index in [2.05, 4.69) is 5.32 Å². The molecule has 0 radical (unpaired) electrons. The van der Waals surface area contributed by atoms with Crippen molar-refractivity contribution in [1.82, 2.24) is 10.2 Å². The Bertz CT molecular complexity index is 596. The lowest BCUT2D eigenvalue weighted by Gasteiger charge is -2.36. The molecule has 1 N–H and O–H groups in total. The van der Waals surface area contributed by atoms with Crippen molar-refractivity contribution in [2.24, 2.45) is 0 Å². The summed E-state index contributed by atoms with van der Waals surface area (Å²) in [7, 11) is 3.10. The SMILES string of the molecule is CNC(=O)C1(COC)CCCN1C(=O)CCOc1ccccc1Cl. The van der Waals surface area contributed by atoms with Crippen molar-refractivity contribution in [3.8, 4) is 5.75 Å². The predicted octanol–water partition coefficient (Wildman–Crippen LogP) is 1.86. The molecule has 2 amide bonds. The molecule has 1 saturated heterocycles. The molecule has 1 aromatic rings. The standard InChI is InChI=1S/C17H23ClN2O4/c1-19-16(22)17(12-23-2)9-5-10-20(17)15(21)8-11-24-14-7-4-3-6-13(14)18/h3-4,6-7H,5,8-12H2,1-2H3,(H,19,22). The van der Waals surface area contributed by atoms with Crippen LogP contribution in [0.15, 0.2) is 24.3 Å². The number of nitrogens with zero attached hydrogens (tertiary/aromatic N) is 1. The third-order valence-corrected chi connectivity index (χ3v) is 4.55. The fraction of sp³-hybridized carbons (Fsp3) is 0.529. The number of hydrogen-bond donors (Lipinski definition) is 1. The minimum absolute atomic E-state index is 0.125. The Labute approximate surface area is 147 Å². The molecule has 1 heterocycles. The number of halogens is 1. The monoisotopic (exact) mass is 354 g/mol. The number of hydrogen-bond acceptors (Lipinski definition) is 4. The topological polar surface area (TPSA) is 67.9 Å². The number of likely N-dealkylation sites (N-methyl/N-ethyl adjacent to an activating group) is 1. The number of amides is 2. The Morgan fingerprint density at radius 2 is 2.12 bits per heavy atom. The van der Waals surface area contributed by atoms with Crippen molar-refractivity contribution >= 4 is 23.4 Å². The zero-order valence-corrected chi connectivity index (χ0v) is 14.8. The van der Waals surface area contributed by atoms with Crippen molar-refractivity contribution in [1.29, 1.82) is 0 Å². The molecule has 24 heavy (non-hydrogen) atoms. The maximum atomic E-state index is 12.6. The van der Waals surface area contributed by atoms with Crippen LogP contribution in [0.5, 0.6) is 5.75 Å². The van der Waals surface area contributed by atoms with E-state index >= 15 is 0 Å². The van der Waals surface area contributed by atoms with Crippen LogP contribution in [-0.4, -0.2) is 56.2 Å². The molecule has 1 aliphatic rings. The average molecular weight is 355 g/mol. The number of para-hydroxylation sites is 1. The number of likely N-dealkylation sites (tertiary alicyclic amines) is 1. The fourth-order valence-electron chi connectivity index (χ4n) is 3.11. The van der Waals surface area contributed by atoms with E-state index in [4.69, 9.17) is 21.1 Å². The normalized spacial score (nSPS) is 20.0. The first kappa shape index (κ1) is 18.5. The highest BCUT2D eigenvalue weighted by Crippen LogP contribution is 2.31. The molecule has 1 atom stereocenters. The van der Waals surface area contributed by atoms with E-state index in [9.17, 15) is 9.59 Å². The van der Waals surface area contributed by atoms with Gasteiger partial charge in [0, 0.05) is 20.7 Å². The number of rotatable bonds is 7. The Morgan fingerprint density at radius 3 is 2.79 bits per heavy atom. The van der Waals surface area contributed by atoms with Gasteiger partial charge in [-0.15, -0.1) is 0 Å². The zero-order valence-electron chi connectivity index (χ0n) is 14.0. The van der Waals surface area contributed by atoms with E-state index in [-0.39, 0.29) is 31.4 Å². The quantitative estimate of drug-likeness (QED) is 0.811. The van der Waals surface area contributed by atoms with Crippen molar-refractivity contribution < 1.29 is 19.1 Å². The maximum absolute atomic E-state index is 12.6. The predicted molar refractivity (Wildman–Crippen MR) is 91.2 cm³/mol. The molecule has 132 valence electrons. The van der Waals surface area contributed by atoms with E-state index in [1.165, 1.54) is 7.11 Å². The lowest BCUT2D eigenvalue weighted by Crippen LogP contribution is -2.59. The molecular formula is C17H23ClN2O4. The van der Waals surface area contributed by atoms with Crippen molar-refractivity contribution in [3.63, 3.8) is 0 Å². The van der Waals surface area contributed by atoms with Crippen LogP contribution in [0.2, 0.25) is 5.02 Å². The summed E-state index contributed by atoms with van der Waals surface area (Å²) < 4.78 is 10.8. The maximum Gasteiger partial charge on any atom is 0.248 e. The molecule has 1 unspecified atom stereocenters. The van der Waals surface area contributed by atoms with Gasteiger partial charge in [0.2, 0.25) is 11.8 Å². The minimum atomic E-state index is -0.926. The molecule has 2 rings (SSSR count). The Kier molecular flexibility index (Phi) is 6.45.